The van der Waals surface area contributed by atoms with Crippen molar-refractivity contribution in [3.8, 4) is 5.75 Å². The van der Waals surface area contributed by atoms with Crippen LogP contribution in [0.5, 0.6) is 5.75 Å². The van der Waals surface area contributed by atoms with E-state index in [-0.39, 0.29) is 12.2 Å². The van der Waals surface area contributed by atoms with Crippen molar-refractivity contribution in [2.45, 2.75) is 31.5 Å². The molecule has 2 heterocycles. The first-order valence-electron chi connectivity index (χ1n) is 8.73. The van der Waals surface area contributed by atoms with Crippen molar-refractivity contribution in [1.82, 2.24) is 10.6 Å². The van der Waals surface area contributed by atoms with E-state index in [4.69, 9.17) is 14.2 Å². The Labute approximate surface area is 143 Å². The zero-order valence-corrected chi connectivity index (χ0v) is 14.3. The summed E-state index contributed by atoms with van der Waals surface area (Å²) in [6, 6.07) is 8.20. The third-order valence-electron chi connectivity index (χ3n) is 4.30. The lowest BCUT2D eigenvalue weighted by Gasteiger charge is -2.16. The van der Waals surface area contributed by atoms with Gasteiger partial charge in [0.15, 0.2) is 5.96 Å². The third-order valence-corrected chi connectivity index (χ3v) is 4.30. The first kappa shape index (κ1) is 17.0. The van der Waals surface area contributed by atoms with Crippen LogP contribution in [0.25, 0.3) is 0 Å². The number of guanidine groups is 1. The van der Waals surface area contributed by atoms with Gasteiger partial charge in [-0.3, -0.25) is 4.99 Å². The number of benzene rings is 1. The van der Waals surface area contributed by atoms with Gasteiger partial charge in [0.25, 0.3) is 0 Å². The van der Waals surface area contributed by atoms with Crippen molar-refractivity contribution in [1.29, 1.82) is 0 Å². The summed E-state index contributed by atoms with van der Waals surface area (Å²) in [5.41, 5.74) is 1.27. The van der Waals surface area contributed by atoms with Gasteiger partial charge in [0.05, 0.1) is 25.9 Å². The lowest BCUT2D eigenvalue weighted by molar-refractivity contribution is 0.0191. The van der Waals surface area contributed by atoms with Crippen LogP contribution in [0, 0.1) is 0 Å². The second-order valence-electron chi connectivity index (χ2n) is 6.14. The Hall–Kier alpha value is -1.79. The molecular weight excluding hydrogens is 306 g/mol. The number of fused-ring (bicyclic) bond motifs is 1. The van der Waals surface area contributed by atoms with Gasteiger partial charge in [-0.1, -0.05) is 18.2 Å². The molecule has 132 valence electrons. The number of hydrogen-bond acceptors (Lipinski definition) is 4. The molecule has 6 heteroatoms. The quantitative estimate of drug-likeness (QED) is 0.448. The van der Waals surface area contributed by atoms with Crippen molar-refractivity contribution in [2.75, 3.05) is 40.0 Å². The summed E-state index contributed by atoms with van der Waals surface area (Å²) in [5.74, 6) is 1.77. The molecule has 1 saturated heterocycles. The van der Waals surface area contributed by atoms with Gasteiger partial charge in [0.1, 0.15) is 11.9 Å². The highest BCUT2D eigenvalue weighted by atomic mass is 16.5. The molecule has 0 aliphatic carbocycles. The van der Waals surface area contributed by atoms with Crippen molar-refractivity contribution in [2.24, 2.45) is 4.99 Å². The molecule has 2 atom stereocenters. The van der Waals surface area contributed by atoms with E-state index in [1.165, 1.54) is 5.56 Å². The summed E-state index contributed by atoms with van der Waals surface area (Å²) < 4.78 is 17.1. The monoisotopic (exact) mass is 333 g/mol. The minimum atomic E-state index is 0.150. The summed E-state index contributed by atoms with van der Waals surface area (Å²) >= 11 is 0. The molecule has 0 bridgehead atoms. The Morgan fingerprint density at radius 1 is 1.29 bits per heavy atom. The SMILES string of the molecule is CN=C(NCCOCC1CCCO1)NCC1Cc2ccccc2O1. The van der Waals surface area contributed by atoms with E-state index in [0.717, 1.165) is 50.7 Å². The highest BCUT2D eigenvalue weighted by molar-refractivity contribution is 5.79. The molecule has 24 heavy (non-hydrogen) atoms. The average molecular weight is 333 g/mol. The van der Waals surface area contributed by atoms with E-state index in [1.807, 2.05) is 12.1 Å². The van der Waals surface area contributed by atoms with Crippen LogP contribution in [-0.2, 0) is 15.9 Å². The molecule has 2 N–H and O–H groups in total. The number of nitrogens with zero attached hydrogens (tertiary/aromatic N) is 1. The maximum atomic E-state index is 5.92. The van der Waals surface area contributed by atoms with E-state index in [1.54, 1.807) is 7.05 Å². The largest absolute Gasteiger partial charge is 0.488 e. The number of hydrogen-bond donors (Lipinski definition) is 2. The zero-order chi connectivity index (χ0) is 16.6. The van der Waals surface area contributed by atoms with Crippen molar-refractivity contribution in [3.05, 3.63) is 29.8 Å². The Morgan fingerprint density at radius 2 is 2.21 bits per heavy atom. The van der Waals surface area contributed by atoms with Crippen LogP contribution >= 0.6 is 0 Å². The summed E-state index contributed by atoms with van der Waals surface area (Å²) in [4.78, 5) is 4.23. The Kier molecular flexibility index (Phi) is 6.32. The second-order valence-corrected chi connectivity index (χ2v) is 6.14. The second kappa shape index (κ2) is 8.89. The topological polar surface area (TPSA) is 64.1 Å². The highest BCUT2D eigenvalue weighted by Gasteiger charge is 2.22. The minimum absolute atomic E-state index is 0.150. The van der Waals surface area contributed by atoms with Gasteiger partial charge in [-0.15, -0.1) is 0 Å². The van der Waals surface area contributed by atoms with Gasteiger partial charge >= 0.3 is 0 Å². The highest BCUT2D eigenvalue weighted by Crippen LogP contribution is 2.27. The van der Waals surface area contributed by atoms with E-state index in [2.05, 4.69) is 27.8 Å². The van der Waals surface area contributed by atoms with E-state index < -0.39 is 0 Å². The predicted octanol–water partition coefficient (Wildman–Crippen LogP) is 1.35. The van der Waals surface area contributed by atoms with Crippen LogP contribution in [0.15, 0.2) is 29.3 Å². The van der Waals surface area contributed by atoms with Crippen LogP contribution in [0.2, 0.25) is 0 Å². The van der Waals surface area contributed by atoms with Gasteiger partial charge in [-0.05, 0) is 24.5 Å². The maximum absolute atomic E-state index is 5.92. The smallest absolute Gasteiger partial charge is 0.191 e. The van der Waals surface area contributed by atoms with E-state index >= 15 is 0 Å². The predicted molar refractivity (Wildman–Crippen MR) is 93.7 cm³/mol. The summed E-state index contributed by atoms with van der Waals surface area (Å²) in [6.45, 7) is 3.65. The molecule has 1 fully saturated rings. The van der Waals surface area contributed by atoms with Gasteiger partial charge in [0.2, 0.25) is 0 Å². The molecule has 0 radical (unpaired) electrons. The molecule has 0 saturated carbocycles. The Morgan fingerprint density at radius 3 is 3.00 bits per heavy atom. The van der Waals surface area contributed by atoms with Crippen molar-refractivity contribution >= 4 is 5.96 Å². The van der Waals surface area contributed by atoms with Gasteiger partial charge in [-0.2, -0.15) is 0 Å². The molecule has 2 aliphatic heterocycles. The molecule has 1 aromatic carbocycles. The zero-order valence-electron chi connectivity index (χ0n) is 14.3. The van der Waals surface area contributed by atoms with Crippen LogP contribution in [0.4, 0.5) is 0 Å². The van der Waals surface area contributed by atoms with E-state index in [0.29, 0.717) is 13.2 Å². The maximum Gasteiger partial charge on any atom is 0.191 e. The number of nitrogens with one attached hydrogen (secondary N) is 2. The van der Waals surface area contributed by atoms with Crippen LogP contribution in [0.1, 0.15) is 18.4 Å². The van der Waals surface area contributed by atoms with Gasteiger partial charge in [0, 0.05) is 26.6 Å². The fourth-order valence-corrected chi connectivity index (χ4v) is 3.03. The first-order valence-corrected chi connectivity index (χ1v) is 8.73. The molecule has 2 aliphatic rings. The van der Waals surface area contributed by atoms with Crippen LogP contribution in [-0.4, -0.2) is 58.1 Å². The van der Waals surface area contributed by atoms with Crippen LogP contribution in [0.3, 0.4) is 0 Å². The van der Waals surface area contributed by atoms with Gasteiger partial charge in [-0.25, -0.2) is 0 Å². The minimum Gasteiger partial charge on any atom is -0.488 e. The fraction of sp³-hybridized carbons (Fsp3) is 0.611. The normalized spacial score (nSPS) is 23.0. The number of aliphatic imine (C=N–C) groups is 1. The Bertz CT molecular complexity index is 519. The number of para-hydroxylation sites is 1. The fourth-order valence-electron chi connectivity index (χ4n) is 3.03. The third kappa shape index (κ3) is 4.85. The lowest BCUT2D eigenvalue weighted by Crippen LogP contribution is -2.43. The average Bonchev–Trinajstić information content (AvgIpc) is 3.26. The standard InChI is InChI=1S/C18H27N3O3/c1-19-18(20-8-10-22-13-15-6-4-9-23-15)21-12-16-11-14-5-2-3-7-17(14)24-16/h2-3,5,7,15-16H,4,6,8-13H2,1H3,(H2,19,20,21). The molecule has 6 nitrogen and oxygen atoms in total. The summed E-state index contributed by atoms with van der Waals surface area (Å²) in [5, 5.41) is 6.57. The molecule has 1 aromatic rings. The van der Waals surface area contributed by atoms with Crippen LogP contribution < -0.4 is 15.4 Å². The van der Waals surface area contributed by atoms with Crippen molar-refractivity contribution < 1.29 is 14.2 Å². The molecule has 0 amide bonds. The molecule has 2 unspecified atom stereocenters. The molecule has 3 rings (SSSR count). The first-order chi connectivity index (χ1) is 11.8. The number of rotatable bonds is 7. The molecular formula is C18H27N3O3. The van der Waals surface area contributed by atoms with Gasteiger partial charge < -0.3 is 24.8 Å². The summed E-state index contributed by atoms with van der Waals surface area (Å²) in [7, 11) is 1.77. The molecule has 0 aromatic heterocycles. The molecule has 0 spiro atoms. The summed E-state index contributed by atoms with van der Waals surface area (Å²) in [6.07, 6.45) is 3.63. The Balaban J connectivity index is 1.28. The van der Waals surface area contributed by atoms with Crippen molar-refractivity contribution in [3.63, 3.8) is 0 Å². The lowest BCUT2D eigenvalue weighted by atomic mass is 10.1. The number of ether oxygens (including phenoxy) is 3. The van der Waals surface area contributed by atoms with E-state index in [9.17, 15) is 0 Å².